The number of nitrogens with two attached hydrogens (primary N) is 1. The van der Waals surface area contributed by atoms with Crippen molar-refractivity contribution in [3.8, 4) is 0 Å². The van der Waals surface area contributed by atoms with Crippen LogP contribution < -0.4 is 5.73 Å². The van der Waals surface area contributed by atoms with Gasteiger partial charge in [0.15, 0.2) is 9.84 Å². The van der Waals surface area contributed by atoms with Crippen LogP contribution in [0, 0.1) is 5.92 Å². The van der Waals surface area contributed by atoms with Crippen LogP contribution in [0.15, 0.2) is 18.2 Å². The van der Waals surface area contributed by atoms with Crippen molar-refractivity contribution in [3.63, 3.8) is 0 Å². The largest absolute Gasteiger partial charge is 0.324 e. The summed E-state index contributed by atoms with van der Waals surface area (Å²) in [6, 6.07) is 5.08. The minimum Gasteiger partial charge on any atom is -0.324 e. The van der Waals surface area contributed by atoms with Crippen LogP contribution in [-0.2, 0) is 9.84 Å². The van der Waals surface area contributed by atoms with E-state index in [4.69, 9.17) is 28.9 Å². The van der Waals surface area contributed by atoms with Gasteiger partial charge in [-0.05, 0) is 30.4 Å². The van der Waals surface area contributed by atoms with E-state index >= 15 is 0 Å². The van der Waals surface area contributed by atoms with Crippen molar-refractivity contribution in [1.82, 2.24) is 0 Å². The van der Waals surface area contributed by atoms with E-state index < -0.39 is 9.84 Å². The standard InChI is InChI=1S/C12H15Cl2NO2S/c13-10-3-1-2-9(12(10)14)11(15)6-8-4-5-18(16,17)7-8/h1-3,8,11H,4-7,15H2. The van der Waals surface area contributed by atoms with Gasteiger partial charge in [-0.2, -0.15) is 0 Å². The lowest BCUT2D eigenvalue weighted by molar-refractivity contribution is 0.481. The molecule has 2 rings (SSSR count). The second kappa shape index (κ2) is 5.37. The number of benzene rings is 1. The van der Waals surface area contributed by atoms with Crippen molar-refractivity contribution in [2.45, 2.75) is 18.9 Å². The lowest BCUT2D eigenvalue weighted by atomic mass is 9.95. The molecule has 0 spiro atoms. The van der Waals surface area contributed by atoms with Gasteiger partial charge >= 0.3 is 0 Å². The van der Waals surface area contributed by atoms with Crippen LogP contribution in [0.2, 0.25) is 10.0 Å². The summed E-state index contributed by atoms with van der Waals surface area (Å²) < 4.78 is 22.8. The Kier molecular flexibility index (Phi) is 4.22. The Morgan fingerprint density at radius 3 is 2.72 bits per heavy atom. The van der Waals surface area contributed by atoms with Gasteiger partial charge in [0.05, 0.1) is 21.6 Å². The van der Waals surface area contributed by atoms with Gasteiger partial charge in [-0.15, -0.1) is 0 Å². The summed E-state index contributed by atoms with van der Waals surface area (Å²) in [5, 5.41) is 0.941. The molecule has 0 aromatic heterocycles. The highest BCUT2D eigenvalue weighted by Gasteiger charge is 2.29. The molecule has 2 atom stereocenters. The van der Waals surface area contributed by atoms with Gasteiger partial charge in [-0.3, -0.25) is 0 Å². The van der Waals surface area contributed by atoms with E-state index in [2.05, 4.69) is 0 Å². The minimum atomic E-state index is -2.86. The molecule has 0 amide bonds. The van der Waals surface area contributed by atoms with Crippen LogP contribution in [0.1, 0.15) is 24.4 Å². The van der Waals surface area contributed by atoms with Crippen LogP contribution >= 0.6 is 23.2 Å². The Hall–Kier alpha value is -0.290. The molecule has 0 aliphatic carbocycles. The van der Waals surface area contributed by atoms with Crippen LogP contribution in [0.3, 0.4) is 0 Å². The van der Waals surface area contributed by atoms with Gasteiger partial charge in [0.2, 0.25) is 0 Å². The topological polar surface area (TPSA) is 60.2 Å². The Morgan fingerprint density at radius 1 is 1.39 bits per heavy atom. The van der Waals surface area contributed by atoms with E-state index in [0.717, 1.165) is 5.56 Å². The molecular weight excluding hydrogens is 293 g/mol. The number of hydrogen-bond acceptors (Lipinski definition) is 3. The van der Waals surface area contributed by atoms with Crippen molar-refractivity contribution in [3.05, 3.63) is 33.8 Å². The highest BCUT2D eigenvalue weighted by atomic mass is 35.5. The fourth-order valence-corrected chi connectivity index (χ4v) is 4.68. The quantitative estimate of drug-likeness (QED) is 0.934. The lowest BCUT2D eigenvalue weighted by Crippen LogP contribution is -2.17. The normalized spacial score (nSPS) is 24.1. The van der Waals surface area contributed by atoms with Gasteiger partial charge in [0.25, 0.3) is 0 Å². The first-order chi connectivity index (χ1) is 8.39. The minimum absolute atomic E-state index is 0.125. The third-order valence-electron chi connectivity index (χ3n) is 3.29. The molecule has 1 aromatic rings. The van der Waals surface area contributed by atoms with Crippen molar-refractivity contribution in [2.75, 3.05) is 11.5 Å². The molecule has 0 radical (unpaired) electrons. The smallest absolute Gasteiger partial charge is 0.150 e. The summed E-state index contributed by atoms with van der Waals surface area (Å²) >= 11 is 12.0. The maximum atomic E-state index is 11.4. The molecule has 1 aliphatic rings. The third kappa shape index (κ3) is 3.18. The monoisotopic (exact) mass is 307 g/mol. The van der Waals surface area contributed by atoms with Crippen LogP contribution in [0.25, 0.3) is 0 Å². The molecule has 0 bridgehead atoms. The van der Waals surface area contributed by atoms with Crippen molar-refractivity contribution in [1.29, 1.82) is 0 Å². The molecule has 2 N–H and O–H groups in total. The van der Waals surface area contributed by atoms with Crippen molar-refractivity contribution in [2.24, 2.45) is 11.7 Å². The molecule has 1 aliphatic heterocycles. The highest BCUT2D eigenvalue weighted by Crippen LogP contribution is 2.33. The Balaban J connectivity index is 2.09. The average molecular weight is 308 g/mol. The average Bonchev–Trinajstić information content (AvgIpc) is 2.62. The molecule has 1 heterocycles. The van der Waals surface area contributed by atoms with E-state index in [9.17, 15) is 8.42 Å². The van der Waals surface area contributed by atoms with Crippen LogP contribution in [-0.4, -0.2) is 19.9 Å². The molecule has 18 heavy (non-hydrogen) atoms. The van der Waals surface area contributed by atoms with Gasteiger partial charge in [0.1, 0.15) is 0 Å². The molecule has 2 unspecified atom stereocenters. The van der Waals surface area contributed by atoms with Gasteiger partial charge in [-0.1, -0.05) is 35.3 Å². The van der Waals surface area contributed by atoms with Gasteiger partial charge < -0.3 is 5.73 Å². The van der Waals surface area contributed by atoms with E-state index in [1.807, 2.05) is 6.07 Å². The molecule has 3 nitrogen and oxygen atoms in total. The van der Waals surface area contributed by atoms with E-state index in [1.54, 1.807) is 12.1 Å². The summed E-state index contributed by atoms with van der Waals surface area (Å²) in [6.07, 6.45) is 1.31. The van der Waals surface area contributed by atoms with Gasteiger partial charge in [0, 0.05) is 6.04 Å². The van der Waals surface area contributed by atoms with Crippen LogP contribution in [0.5, 0.6) is 0 Å². The highest BCUT2D eigenvalue weighted by molar-refractivity contribution is 7.91. The molecule has 1 fully saturated rings. The first kappa shape index (κ1) is 14.1. The second-order valence-electron chi connectivity index (χ2n) is 4.75. The first-order valence-corrected chi connectivity index (χ1v) is 8.36. The van der Waals surface area contributed by atoms with E-state index in [-0.39, 0.29) is 23.5 Å². The Labute approximate surface area is 117 Å². The summed E-state index contributed by atoms with van der Waals surface area (Å²) in [7, 11) is -2.86. The zero-order valence-electron chi connectivity index (χ0n) is 9.77. The zero-order valence-corrected chi connectivity index (χ0v) is 12.1. The maximum Gasteiger partial charge on any atom is 0.150 e. The number of sulfone groups is 1. The van der Waals surface area contributed by atoms with E-state index in [1.165, 1.54) is 0 Å². The lowest BCUT2D eigenvalue weighted by Gasteiger charge is -2.17. The first-order valence-electron chi connectivity index (χ1n) is 5.79. The molecule has 1 aromatic carbocycles. The Bertz CT molecular complexity index is 545. The Morgan fingerprint density at radius 2 is 2.11 bits per heavy atom. The SMILES string of the molecule is NC(CC1CCS(=O)(=O)C1)c1cccc(Cl)c1Cl. The molecule has 6 heteroatoms. The molecule has 100 valence electrons. The summed E-state index contributed by atoms with van der Waals surface area (Å²) in [6.45, 7) is 0. The predicted octanol–water partition coefficient (Wildman–Crippen LogP) is 2.82. The molecule has 1 saturated heterocycles. The predicted molar refractivity (Wildman–Crippen MR) is 74.8 cm³/mol. The summed E-state index contributed by atoms with van der Waals surface area (Å²) in [5.74, 6) is 0.632. The van der Waals surface area contributed by atoms with Crippen LogP contribution in [0.4, 0.5) is 0 Å². The fourth-order valence-electron chi connectivity index (χ4n) is 2.35. The second-order valence-corrected chi connectivity index (χ2v) is 7.77. The third-order valence-corrected chi connectivity index (χ3v) is 5.97. The zero-order chi connectivity index (χ0) is 13.3. The van der Waals surface area contributed by atoms with Crippen molar-refractivity contribution >= 4 is 33.0 Å². The summed E-state index contributed by atoms with van der Waals surface area (Å²) in [5.41, 5.74) is 6.88. The number of rotatable bonds is 3. The summed E-state index contributed by atoms with van der Waals surface area (Å²) in [4.78, 5) is 0. The number of halogens is 2. The maximum absolute atomic E-state index is 11.4. The van der Waals surface area contributed by atoms with Crippen molar-refractivity contribution < 1.29 is 8.42 Å². The molecular formula is C12H15Cl2NO2S. The molecule has 0 saturated carbocycles. The fraction of sp³-hybridized carbons (Fsp3) is 0.500. The van der Waals surface area contributed by atoms with E-state index in [0.29, 0.717) is 22.9 Å². The van der Waals surface area contributed by atoms with Gasteiger partial charge in [-0.25, -0.2) is 8.42 Å². The number of hydrogen-bond donors (Lipinski definition) is 1.